The van der Waals surface area contributed by atoms with Crippen LogP contribution in [0.25, 0.3) is 5.70 Å². The van der Waals surface area contributed by atoms with Crippen LogP contribution in [-0.2, 0) is 28.8 Å². The molecule has 4 atom stereocenters. The number of halogens is 1. The summed E-state index contributed by atoms with van der Waals surface area (Å²) in [4.78, 5) is 76.5. The molecule has 3 fully saturated rings. The molecule has 1 spiro atoms. The Bertz CT molecular complexity index is 1480. The number of nitrogens with one attached hydrogen (secondary N) is 4. The second kappa shape index (κ2) is 16.9. The number of hydroxylamine groups is 1. The zero-order chi connectivity index (χ0) is 36.8. The zero-order valence-electron chi connectivity index (χ0n) is 30.7. The van der Waals surface area contributed by atoms with Gasteiger partial charge in [0, 0.05) is 29.5 Å². The molecule has 1 aromatic rings. The second-order valence-electron chi connectivity index (χ2n) is 16.1. The van der Waals surface area contributed by atoms with Gasteiger partial charge in [-0.2, -0.15) is 0 Å². The number of hydrogen-bond acceptors (Lipinski definition) is 7. The van der Waals surface area contributed by atoms with Crippen LogP contribution in [0.2, 0.25) is 5.02 Å². The average molecular weight is 726 g/mol. The number of carbonyl (C=O) groups is 5. The predicted molar refractivity (Wildman–Crippen MR) is 196 cm³/mol. The number of carbonyl (C=O) groups excluding carboxylic acids is 5. The highest BCUT2D eigenvalue weighted by Gasteiger charge is 2.54. The van der Waals surface area contributed by atoms with Crippen molar-refractivity contribution in [2.45, 2.75) is 147 Å². The summed E-state index contributed by atoms with van der Waals surface area (Å²) in [7, 11) is 0. The van der Waals surface area contributed by atoms with Gasteiger partial charge in [-0.25, -0.2) is 0 Å². The first-order valence-corrected chi connectivity index (χ1v) is 19.3. The fourth-order valence-corrected chi connectivity index (χ4v) is 8.19. The maximum Gasteiger partial charge on any atom is 0.289 e. The predicted octanol–water partition coefficient (Wildman–Crippen LogP) is 5.36. The van der Waals surface area contributed by atoms with E-state index in [1.54, 1.807) is 12.1 Å². The molecule has 4 amide bonds. The number of amides is 4. The fraction of sp³-hybridized carbons (Fsp3) is 0.667. The van der Waals surface area contributed by atoms with E-state index in [1.807, 2.05) is 45.9 Å². The molecule has 0 bridgehead atoms. The lowest BCUT2D eigenvalue weighted by molar-refractivity contribution is -0.145. The summed E-state index contributed by atoms with van der Waals surface area (Å²) < 4.78 is 0. The van der Waals surface area contributed by atoms with Crippen molar-refractivity contribution in [1.29, 1.82) is 0 Å². The SMILES string of the molecule is CCC[C@H](NC(=O)[C@@H]1C[C@]2(C=C(c3cccc(Cl)c3)NO2)CN1C(=O)[C@@H](NC(=O)CC1CCCCC1)C(C)(C)C)C(=O)C(=O)NC1CCCCC1. The number of nitrogens with zero attached hydrogens (tertiary/aromatic N) is 1. The van der Waals surface area contributed by atoms with Gasteiger partial charge in [0.25, 0.3) is 5.91 Å². The molecule has 2 heterocycles. The van der Waals surface area contributed by atoms with E-state index in [1.165, 1.54) is 11.3 Å². The van der Waals surface area contributed by atoms with Gasteiger partial charge < -0.3 is 20.9 Å². The lowest BCUT2D eigenvalue weighted by Gasteiger charge is -2.36. The molecule has 2 aliphatic heterocycles. The summed E-state index contributed by atoms with van der Waals surface area (Å²) in [5.74, 6) is -2.22. The maximum absolute atomic E-state index is 14.6. The largest absolute Gasteiger partial charge is 0.347 e. The lowest BCUT2D eigenvalue weighted by atomic mass is 9.84. The molecule has 11 nitrogen and oxygen atoms in total. The molecule has 2 aliphatic carbocycles. The number of likely N-dealkylation sites (tertiary alicyclic amines) is 1. The van der Waals surface area contributed by atoms with Gasteiger partial charge in [0.15, 0.2) is 0 Å². The van der Waals surface area contributed by atoms with E-state index in [9.17, 15) is 24.0 Å². The molecule has 1 aromatic carbocycles. The van der Waals surface area contributed by atoms with Crippen LogP contribution in [0.5, 0.6) is 0 Å². The Kier molecular flexibility index (Phi) is 12.9. The highest BCUT2D eigenvalue weighted by Crippen LogP contribution is 2.39. The van der Waals surface area contributed by atoms with Gasteiger partial charge >= 0.3 is 0 Å². The van der Waals surface area contributed by atoms with E-state index >= 15 is 0 Å². The molecule has 4 aliphatic rings. The van der Waals surface area contributed by atoms with Crippen molar-refractivity contribution in [3.63, 3.8) is 0 Å². The Morgan fingerprint density at radius 3 is 2.33 bits per heavy atom. The average Bonchev–Trinajstić information content (AvgIpc) is 3.70. The third kappa shape index (κ3) is 9.92. The quantitative estimate of drug-likeness (QED) is 0.212. The molecule has 2 saturated carbocycles. The van der Waals surface area contributed by atoms with Crippen molar-refractivity contribution in [3.8, 4) is 0 Å². The summed E-state index contributed by atoms with van der Waals surface area (Å²) >= 11 is 6.27. The minimum absolute atomic E-state index is 0.0284. The summed E-state index contributed by atoms with van der Waals surface area (Å²) in [6.45, 7) is 7.59. The van der Waals surface area contributed by atoms with Gasteiger partial charge in [0.2, 0.25) is 23.5 Å². The molecule has 51 heavy (non-hydrogen) atoms. The first-order chi connectivity index (χ1) is 24.3. The first kappa shape index (κ1) is 38.8. The minimum Gasteiger partial charge on any atom is -0.347 e. The summed E-state index contributed by atoms with van der Waals surface area (Å²) in [5, 5.41) is 9.31. The molecular weight excluding hydrogens is 670 g/mol. The van der Waals surface area contributed by atoms with E-state index in [-0.39, 0.29) is 31.3 Å². The van der Waals surface area contributed by atoms with Crippen LogP contribution in [0, 0.1) is 11.3 Å². The molecule has 4 N–H and O–H groups in total. The van der Waals surface area contributed by atoms with Crippen LogP contribution < -0.4 is 21.4 Å². The Balaban J connectivity index is 1.39. The number of ketones is 1. The summed E-state index contributed by atoms with van der Waals surface area (Å²) in [6.07, 6.45) is 13.3. The van der Waals surface area contributed by atoms with Gasteiger partial charge in [0.1, 0.15) is 17.7 Å². The number of hydrogen-bond donors (Lipinski definition) is 4. The van der Waals surface area contributed by atoms with Gasteiger partial charge in [0.05, 0.1) is 18.3 Å². The lowest BCUT2D eigenvalue weighted by Crippen LogP contribution is -2.59. The van der Waals surface area contributed by atoms with E-state index in [2.05, 4.69) is 21.4 Å². The maximum atomic E-state index is 14.6. The zero-order valence-corrected chi connectivity index (χ0v) is 31.4. The van der Waals surface area contributed by atoms with Crippen molar-refractivity contribution in [2.24, 2.45) is 11.3 Å². The summed E-state index contributed by atoms with van der Waals surface area (Å²) in [5.41, 5.74) is 2.66. The van der Waals surface area contributed by atoms with E-state index < -0.39 is 52.6 Å². The van der Waals surface area contributed by atoms with Gasteiger partial charge in [-0.1, -0.05) is 96.4 Å². The topological polar surface area (TPSA) is 146 Å². The van der Waals surface area contributed by atoms with E-state index in [4.69, 9.17) is 16.4 Å². The molecular formula is C39H56ClN5O6. The molecule has 280 valence electrons. The van der Waals surface area contributed by atoms with Gasteiger partial charge in [-0.15, -0.1) is 0 Å². The highest BCUT2D eigenvalue weighted by molar-refractivity contribution is 6.38. The van der Waals surface area contributed by atoms with Crippen LogP contribution >= 0.6 is 11.6 Å². The monoisotopic (exact) mass is 725 g/mol. The van der Waals surface area contributed by atoms with Crippen LogP contribution in [-0.4, -0.2) is 70.6 Å². The van der Waals surface area contributed by atoms with E-state index in [0.717, 1.165) is 63.4 Å². The van der Waals surface area contributed by atoms with Crippen molar-refractivity contribution in [2.75, 3.05) is 6.54 Å². The van der Waals surface area contributed by atoms with Crippen molar-refractivity contribution in [3.05, 3.63) is 40.9 Å². The fourth-order valence-electron chi connectivity index (χ4n) is 8.00. The van der Waals surface area contributed by atoms with Crippen molar-refractivity contribution < 1.29 is 28.8 Å². The van der Waals surface area contributed by atoms with Crippen LogP contribution in [0.1, 0.15) is 123 Å². The molecule has 5 rings (SSSR count). The summed E-state index contributed by atoms with van der Waals surface area (Å²) in [6, 6.07) is 4.21. The van der Waals surface area contributed by atoms with Crippen molar-refractivity contribution >= 4 is 46.7 Å². The smallest absolute Gasteiger partial charge is 0.289 e. The van der Waals surface area contributed by atoms with E-state index in [0.29, 0.717) is 29.5 Å². The minimum atomic E-state index is -1.08. The Morgan fingerprint density at radius 2 is 1.69 bits per heavy atom. The Morgan fingerprint density at radius 1 is 1.00 bits per heavy atom. The Hall–Kier alpha value is -3.44. The molecule has 12 heteroatoms. The third-order valence-corrected chi connectivity index (χ3v) is 11.1. The molecule has 0 aromatic heterocycles. The van der Waals surface area contributed by atoms with Crippen LogP contribution in [0.15, 0.2) is 30.3 Å². The first-order valence-electron chi connectivity index (χ1n) is 19.0. The van der Waals surface area contributed by atoms with Gasteiger partial charge in [-0.3, -0.25) is 34.3 Å². The standard InChI is InChI=1S/C39H56ClN5O6/c1-5-13-29(33(47)36(49)41-28-18-10-7-11-19-28)42-35(48)31-23-39(22-30(44-51-39)26-16-12-17-27(40)21-26)24-45(31)37(50)34(38(2,3)4)43-32(46)20-25-14-8-6-9-15-25/h12,16-17,21-22,25,28-29,31,34,44H,5-11,13-15,18-20,23-24H2,1-4H3,(H,41,49)(H,42,48)(H,43,46)/t29-,31-,34+,39+/m0/s1. The molecule has 1 saturated heterocycles. The van der Waals surface area contributed by atoms with Crippen LogP contribution in [0.3, 0.4) is 0 Å². The number of benzene rings is 1. The van der Waals surface area contributed by atoms with Crippen LogP contribution in [0.4, 0.5) is 0 Å². The molecule has 0 unspecified atom stereocenters. The Labute approximate surface area is 307 Å². The molecule has 0 radical (unpaired) electrons. The number of rotatable bonds is 12. The normalized spacial score (nSPS) is 24.0. The van der Waals surface area contributed by atoms with Crippen molar-refractivity contribution in [1.82, 2.24) is 26.3 Å². The number of Topliss-reactive ketones (excluding diaryl/α,β-unsaturated/α-hetero) is 1. The highest BCUT2D eigenvalue weighted by atomic mass is 35.5. The second-order valence-corrected chi connectivity index (χ2v) is 16.6. The third-order valence-electron chi connectivity index (χ3n) is 10.8. The van der Waals surface area contributed by atoms with Gasteiger partial charge in [-0.05, 0) is 61.6 Å².